The van der Waals surface area contributed by atoms with Crippen LogP contribution in [0.25, 0.3) is 0 Å². The van der Waals surface area contributed by atoms with Crippen molar-refractivity contribution in [2.75, 3.05) is 13.2 Å². The maximum Gasteiger partial charge on any atom is 0.255 e. The number of benzene rings is 1. The van der Waals surface area contributed by atoms with Gasteiger partial charge in [0.1, 0.15) is 6.67 Å². The smallest absolute Gasteiger partial charge is 0.255 e. The third-order valence-electron chi connectivity index (χ3n) is 4.05. The molecule has 0 saturated heterocycles. The molecule has 2 heterocycles. The molecule has 1 aromatic carbocycles. The van der Waals surface area contributed by atoms with Crippen molar-refractivity contribution in [3.63, 3.8) is 0 Å². The van der Waals surface area contributed by atoms with Crippen LogP contribution in [-0.2, 0) is 6.42 Å². The van der Waals surface area contributed by atoms with E-state index < -0.39 is 6.67 Å². The number of carbonyl (C=O) groups is 1. The van der Waals surface area contributed by atoms with Gasteiger partial charge in [-0.25, -0.2) is 14.4 Å². The lowest BCUT2D eigenvalue weighted by molar-refractivity contribution is 0.0724. The van der Waals surface area contributed by atoms with Gasteiger partial charge in [-0.05, 0) is 29.7 Å². The summed E-state index contributed by atoms with van der Waals surface area (Å²) in [7, 11) is 0. The number of hydrogen-bond donors (Lipinski definition) is 0. The topological polar surface area (TPSA) is 46.1 Å². The third-order valence-corrected chi connectivity index (χ3v) is 4.54. The zero-order valence-electron chi connectivity index (χ0n) is 12.4. The van der Waals surface area contributed by atoms with E-state index in [1.807, 2.05) is 25.1 Å². The molecule has 2 aromatic rings. The molecule has 4 nitrogen and oxygen atoms in total. The standard InChI is InChI=1S/C16H14Cl2FN3O/c1-9-11-4-2-3-10(14(11)15(23)22(9)6-5-19)7-13-12(17)8-20-16(18)21-13/h2-4,8-9H,5-7H2,1H3. The highest BCUT2D eigenvalue weighted by atomic mass is 35.5. The number of amides is 1. The molecule has 0 saturated carbocycles. The van der Waals surface area contributed by atoms with Crippen LogP contribution >= 0.6 is 23.2 Å². The molecule has 0 spiro atoms. The minimum absolute atomic E-state index is 0.0915. The fourth-order valence-electron chi connectivity index (χ4n) is 2.93. The van der Waals surface area contributed by atoms with E-state index in [2.05, 4.69) is 9.97 Å². The molecular formula is C16H14Cl2FN3O. The van der Waals surface area contributed by atoms with E-state index in [9.17, 15) is 9.18 Å². The third kappa shape index (κ3) is 2.91. The van der Waals surface area contributed by atoms with E-state index in [-0.39, 0.29) is 23.8 Å². The maximum atomic E-state index is 12.7. The lowest BCUT2D eigenvalue weighted by Gasteiger charge is -2.20. The number of alkyl halides is 1. The van der Waals surface area contributed by atoms with Crippen LogP contribution in [0.3, 0.4) is 0 Å². The molecule has 7 heteroatoms. The fourth-order valence-corrected chi connectivity index (χ4v) is 3.24. The highest BCUT2D eigenvalue weighted by molar-refractivity contribution is 6.32. The average Bonchev–Trinajstić information content (AvgIpc) is 2.77. The molecule has 0 radical (unpaired) electrons. The van der Waals surface area contributed by atoms with Gasteiger partial charge in [0.15, 0.2) is 0 Å². The second kappa shape index (κ2) is 6.42. The van der Waals surface area contributed by atoms with E-state index in [1.54, 1.807) is 4.90 Å². The van der Waals surface area contributed by atoms with E-state index >= 15 is 0 Å². The van der Waals surface area contributed by atoms with Crippen LogP contribution in [0.5, 0.6) is 0 Å². The quantitative estimate of drug-likeness (QED) is 0.784. The minimum Gasteiger partial charge on any atom is -0.329 e. The highest BCUT2D eigenvalue weighted by Crippen LogP contribution is 2.36. The number of aromatic nitrogens is 2. The van der Waals surface area contributed by atoms with Crippen molar-refractivity contribution in [2.45, 2.75) is 19.4 Å². The number of rotatable bonds is 4. The molecule has 0 N–H and O–H groups in total. The molecule has 120 valence electrons. The first-order valence-corrected chi connectivity index (χ1v) is 7.94. The zero-order chi connectivity index (χ0) is 16.6. The van der Waals surface area contributed by atoms with Gasteiger partial charge in [0.2, 0.25) is 5.28 Å². The molecule has 0 fully saturated rings. The summed E-state index contributed by atoms with van der Waals surface area (Å²) in [5, 5.41) is 0.502. The van der Waals surface area contributed by atoms with Crippen LogP contribution in [0.15, 0.2) is 24.4 Å². The molecule has 1 aliphatic rings. The molecule has 3 rings (SSSR count). The van der Waals surface area contributed by atoms with Crippen LogP contribution < -0.4 is 0 Å². The van der Waals surface area contributed by atoms with Gasteiger partial charge < -0.3 is 4.90 Å². The molecule has 0 aliphatic carbocycles. The Kier molecular flexibility index (Phi) is 4.50. The van der Waals surface area contributed by atoms with E-state index in [1.165, 1.54) is 6.20 Å². The maximum absolute atomic E-state index is 12.7. The van der Waals surface area contributed by atoms with Crippen molar-refractivity contribution < 1.29 is 9.18 Å². The number of carbonyl (C=O) groups excluding carboxylic acids is 1. The summed E-state index contributed by atoms with van der Waals surface area (Å²) in [5.41, 5.74) is 2.87. The van der Waals surface area contributed by atoms with Gasteiger partial charge >= 0.3 is 0 Å². The molecule has 23 heavy (non-hydrogen) atoms. The monoisotopic (exact) mass is 353 g/mol. The summed E-state index contributed by atoms with van der Waals surface area (Å²) in [6.07, 6.45) is 1.81. The number of fused-ring (bicyclic) bond motifs is 1. The Labute approximate surface area is 143 Å². The van der Waals surface area contributed by atoms with Crippen LogP contribution in [0.2, 0.25) is 10.3 Å². The molecular weight excluding hydrogens is 340 g/mol. The predicted octanol–water partition coefficient (Wildman–Crippen LogP) is 3.86. The summed E-state index contributed by atoms with van der Waals surface area (Å²) < 4.78 is 12.7. The van der Waals surface area contributed by atoms with Gasteiger partial charge in [-0.2, -0.15) is 0 Å². The van der Waals surface area contributed by atoms with Crippen molar-refractivity contribution >= 4 is 29.1 Å². The zero-order valence-corrected chi connectivity index (χ0v) is 13.9. The molecule has 1 atom stereocenters. The number of hydrogen-bond acceptors (Lipinski definition) is 3. The molecule has 1 unspecified atom stereocenters. The Morgan fingerprint density at radius 3 is 2.87 bits per heavy atom. The van der Waals surface area contributed by atoms with Gasteiger partial charge in [-0.3, -0.25) is 4.79 Å². The Morgan fingerprint density at radius 2 is 2.13 bits per heavy atom. The largest absolute Gasteiger partial charge is 0.329 e. The van der Waals surface area contributed by atoms with Crippen molar-refractivity contribution in [1.82, 2.24) is 14.9 Å². The Bertz CT molecular complexity index is 769. The van der Waals surface area contributed by atoms with Gasteiger partial charge in [0.05, 0.1) is 23.0 Å². The number of halogens is 3. The van der Waals surface area contributed by atoms with Crippen molar-refractivity contribution in [3.05, 3.63) is 57.1 Å². The summed E-state index contributed by atoms with van der Waals surface area (Å²) >= 11 is 11.9. The van der Waals surface area contributed by atoms with Crippen molar-refractivity contribution in [2.24, 2.45) is 0 Å². The van der Waals surface area contributed by atoms with Gasteiger partial charge in [-0.15, -0.1) is 0 Å². The van der Waals surface area contributed by atoms with Gasteiger partial charge in [0, 0.05) is 18.5 Å². The van der Waals surface area contributed by atoms with Crippen LogP contribution in [0.1, 0.15) is 40.1 Å². The molecule has 1 amide bonds. The van der Waals surface area contributed by atoms with Crippen LogP contribution in [0.4, 0.5) is 4.39 Å². The SMILES string of the molecule is CC1c2cccc(Cc3nc(Cl)ncc3Cl)c2C(=O)N1CCF. The van der Waals surface area contributed by atoms with Gasteiger partial charge in [0.25, 0.3) is 5.91 Å². The summed E-state index contributed by atoms with van der Waals surface area (Å²) in [6, 6.07) is 5.49. The first-order chi connectivity index (χ1) is 11.0. The lowest BCUT2D eigenvalue weighted by Crippen LogP contribution is -2.29. The Morgan fingerprint density at radius 1 is 1.35 bits per heavy atom. The molecule has 0 bridgehead atoms. The minimum atomic E-state index is -0.563. The number of nitrogens with zero attached hydrogens (tertiary/aromatic N) is 3. The van der Waals surface area contributed by atoms with Crippen molar-refractivity contribution in [3.8, 4) is 0 Å². The van der Waals surface area contributed by atoms with Crippen LogP contribution in [0, 0.1) is 0 Å². The fraction of sp³-hybridized carbons (Fsp3) is 0.312. The summed E-state index contributed by atoms with van der Waals surface area (Å²) in [5.74, 6) is -0.156. The summed E-state index contributed by atoms with van der Waals surface area (Å²) in [4.78, 5) is 22.1. The van der Waals surface area contributed by atoms with Crippen LogP contribution in [-0.4, -0.2) is 34.0 Å². The Hall–Kier alpha value is -1.72. The second-order valence-electron chi connectivity index (χ2n) is 5.36. The van der Waals surface area contributed by atoms with Gasteiger partial charge in [-0.1, -0.05) is 29.8 Å². The molecule has 1 aliphatic heterocycles. The van der Waals surface area contributed by atoms with E-state index in [4.69, 9.17) is 23.2 Å². The average molecular weight is 354 g/mol. The second-order valence-corrected chi connectivity index (χ2v) is 6.10. The highest BCUT2D eigenvalue weighted by Gasteiger charge is 2.35. The Balaban J connectivity index is 2.01. The lowest BCUT2D eigenvalue weighted by atomic mass is 9.97. The normalized spacial score (nSPS) is 16.8. The molecule has 1 aromatic heterocycles. The van der Waals surface area contributed by atoms with E-state index in [0.717, 1.165) is 11.1 Å². The first-order valence-electron chi connectivity index (χ1n) is 7.18. The predicted molar refractivity (Wildman–Crippen MR) is 86.7 cm³/mol. The van der Waals surface area contributed by atoms with E-state index in [0.29, 0.717) is 22.7 Å². The summed E-state index contributed by atoms with van der Waals surface area (Å²) in [6.45, 7) is 1.43. The first kappa shape index (κ1) is 16.1. The van der Waals surface area contributed by atoms with Crippen molar-refractivity contribution in [1.29, 1.82) is 0 Å².